The van der Waals surface area contributed by atoms with Crippen LogP contribution in [0.25, 0.3) is 0 Å². The number of hydrogen-bond acceptors (Lipinski definition) is 2. The SMILES string of the molecule is C=C(C)C(=O)OC1(C)CCC23C[C@@H]1C(C)(C)C2CCC3C. The van der Waals surface area contributed by atoms with Crippen LogP contribution in [0.15, 0.2) is 12.2 Å². The lowest BCUT2D eigenvalue weighted by atomic mass is 9.64. The van der Waals surface area contributed by atoms with Gasteiger partial charge in [0.05, 0.1) is 0 Å². The van der Waals surface area contributed by atoms with Gasteiger partial charge in [-0.05, 0) is 68.6 Å². The summed E-state index contributed by atoms with van der Waals surface area (Å²) in [6.07, 6.45) is 6.21. The summed E-state index contributed by atoms with van der Waals surface area (Å²) in [7, 11) is 0. The first-order valence-corrected chi connectivity index (χ1v) is 8.52. The van der Waals surface area contributed by atoms with E-state index in [4.69, 9.17) is 4.74 Å². The van der Waals surface area contributed by atoms with E-state index < -0.39 is 0 Å². The van der Waals surface area contributed by atoms with Crippen LogP contribution in [0.2, 0.25) is 0 Å². The molecule has 3 saturated carbocycles. The van der Waals surface area contributed by atoms with Gasteiger partial charge in [-0.1, -0.05) is 27.4 Å². The van der Waals surface area contributed by atoms with Crippen molar-refractivity contribution in [3.8, 4) is 0 Å². The van der Waals surface area contributed by atoms with E-state index in [9.17, 15) is 4.79 Å². The molecule has 5 atom stereocenters. The first-order valence-electron chi connectivity index (χ1n) is 8.52. The Balaban J connectivity index is 1.93. The molecule has 2 nitrogen and oxygen atoms in total. The van der Waals surface area contributed by atoms with Crippen molar-refractivity contribution in [2.75, 3.05) is 0 Å². The van der Waals surface area contributed by atoms with E-state index in [0.717, 1.165) is 18.3 Å². The van der Waals surface area contributed by atoms with Crippen molar-refractivity contribution >= 4 is 5.97 Å². The lowest BCUT2D eigenvalue weighted by Crippen LogP contribution is -2.47. The molecule has 0 heterocycles. The quantitative estimate of drug-likeness (QED) is 0.542. The lowest BCUT2D eigenvalue weighted by molar-refractivity contribution is -0.168. The highest BCUT2D eigenvalue weighted by molar-refractivity contribution is 5.87. The molecule has 4 unspecified atom stereocenters. The van der Waals surface area contributed by atoms with Crippen LogP contribution in [0.5, 0.6) is 0 Å². The molecule has 0 saturated heterocycles. The number of carbonyl (C=O) groups is 1. The molecular formula is C19H30O2. The predicted molar refractivity (Wildman–Crippen MR) is 84.8 cm³/mol. The molecule has 1 spiro atoms. The molecule has 0 aromatic heterocycles. The Kier molecular flexibility index (Phi) is 3.14. The molecule has 0 amide bonds. The van der Waals surface area contributed by atoms with E-state index in [-0.39, 0.29) is 17.0 Å². The Bertz CT molecular complexity index is 492. The summed E-state index contributed by atoms with van der Waals surface area (Å²) < 4.78 is 5.96. The second-order valence-electron chi connectivity index (χ2n) is 8.82. The number of carbonyl (C=O) groups excluding carboxylic acids is 1. The molecule has 3 aliphatic carbocycles. The van der Waals surface area contributed by atoms with Crippen molar-refractivity contribution in [2.24, 2.45) is 28.6 Å². The van der Waals surface area contributed by atoms with Gasteiger partial charge in [0.25, 0.3) is 0 Å². The third kappa shape index (κ3) is 1.87. The number of esters is 1. The molecule has 2 bridgehead atoms. The summed E-state index contributed by atoms with van der Waals surface area (Å²) in [5, 5.41) is 0. The average molecular weight is 290 g/mol. The van der Waals surface area contributed by atoms with Crippen LogP contribution in [-0.2, 0) is 9.53 Å². The molecule has 0 aliphatic heterocycles. The highest BCUT2D eigenvalue weighted by atomic mass is 16.6. The molecule has 0 radical (unpaired) electrons. The zero-order chi connectivity index (χ0) is 15.6. The maximum atomic E-state index is 12.1. The number of hydrogen-bond donors (Lipinski definition) is 0. The van der Waals surface area contributed by atoms with Gasteiger partial charge in [0.1, 0.15) is 5.60 Å². The fourth-order valence-electron chi connectivity index (χ4n) is 6.28. The molecule has 3 fully saturated rings. The molecule has 118 valence electrons. The topological polar surface area (TPSA) is 26.3 Å². The molecule has 21 heavy (non-hydrogen) atoms. The summed E-state index contributed by atoms with van der Waals surface area (Å²) in [6, 6.07) is 0. The van der Waals surface area contributed by atoms with Gasteiger partial charge >= 0.3 is 5.97 Å². The largest absolute Gasteiger partial charge is 0.456 e. The zero-order valence-electron chi connectivity index (χ0n) is 14.3. The van der Waals surface area contributed by atoms with Crippen molar-refractivity contribution in [1.29, 1.82) is 0 Å². The Labute approximate surface area is 129 Å². The van der Waals surface area contributed by atoms with Crippen LogP contribution in [0.1, 0.15) is 66.7 Å². The van der Waals surface area contributed by atoms with Crippen molar-refractivity contribution in [1.82, 2.24) is 0 Å². The Morgan fingerprint density at radius 3 is 2.43 bits per heavy atom. The maximum Gasteiger partial charge on any atom is 0.333 e. The lowest BCUT2D eigenvalue weighted by Gasteiger charge is -2.46. The highest BCUT2D eigenvalue weighted by Crippen LogP contribution is 2.73. The Morgan fingerprint density at radius 1 is 1.14 bits per heavy atom. The van der Waals surface area contributed by atoms with E-state index in [2.05, 4.69) is 34.3 Å². The van der Waals surface area contributed by atoms with Crippen LogP contribution in [0.4, 0.5) is 0 Å². The molecule has 0 aromatic carbocycles. The molecule has 3 aliphatic rings. The van der Waals surface area contributed by atoms with E-state index >= 15 is 0 Å². The van der Waals surface area contributed by atoms with Crippen LogP contribution in [0.3, 0.4) is 0 Å². The molecule has 3 rings (SSSR count). The van der Waals surface area contributed by atoms with Crippen LogP contribution < -0.4 is 0 Å². The first kappa shape index (κ1) is 15.1. The third-order valence-corrected chi connectivity index (χ3v) is 7.44. The van der Waals surface area contributed by atoms with Gasteiger partial charge in [0.2, 0.25) is 0 Å². The van der Waals surface area contributed by atoms with Crippen molar-refractivity contribution < 1.29 is 9.53 Å². The van der Waals surface area contributed by atoms with E-state index in [1.807, 2.05) is 0 Å². The Morgan fingerprint density at radius 2 is 1.81 bits per heavy atom. The van der Waals surface area contributed by atoms with Gasteiger partial charge < -0.3 is 4.74 Å². The minimum atomic E-state index is -0.311. The predicted octanol–water partition coefficient (Wildman–Crippen LogP) is 4.74. The zero-order valence-corrected chi connectivity index (χ0v) is 14.3. The second kappa shape index (κ2) is 4.36. The van der Waals surface area contributed by atoms with Crippen molar-refractivity contribution in [3.05, 3.63) is 12.2 Å². The van der Waals surface area contributed by atoms with E-state index in [1.165, 1.54) is 25.7 Å². The van der Waals surface area contributed by atoms with E-state index in [0.29, 0.717) is 16.9 Å². The number of ether oxygens (including phenoxy) is 1. The first-order chi connectivity index (χ1) is 9.63. The summed E-state index contributed by atoms with van der Waals surface area (Å²) in [4.78, 5) is 12.1. The van der Waals surface area contributed by atoms with Gasteiger partial charge in [-0.25, -0.2) is 4.79 Å². The number of rotatable bonds is 2. The standard InChI is InChI=1S/C19H30O2/c1-12(2)16(20)21-18(6)9-10-19-11-15(18)17(4,5)14(19)8-7-13(19)3/h13-15H,1,7-11H2,2-6H3/t13?,14?,15-,18?,19?/m1/s1. The highest BCUT2D eigenvalue weighted by Gasteiger charge is 2.68. The summed E-state index contributed by atoms with van der Waals surface area (Å²) in [6.45, 7) is 14.9. The van der Waals surface area contributed by atoms with Gasteiger partial charge in [0, 0.05) is 11.5 Å². The Hall–Kier alpha value is -0.790. The fraction of sp³-hybridized carbons (Fsp3) is 0.842. The fourth-order valence-corrected chi connectivity index (χ4v) is 6.28. The van der Waals surface area contributed by atoms with Crippen LogP contribution in [0, 0.1) is 28.6 Å². The molecule has 0 N–H and O–H groups in total. The van der Waals surface area contributed by atoms with Gasteiger partial charge in [-0.2, -0.15) is 0 Å². The average Bonchev–Trinajstić information content (AvgIpc) is 2.80. The van der Waals surface area contributed by atoms with Crippen molar-refractivity contribution in [2.45, 2.75) is 72.3 Å². The monoisotopic (exact) mass is 290 g/mol. The third-order valence-electron chi connectivity index (χ3n) is 7.44. The maximum absolute atomic E-state index is 12.1. The minimum absolute atomic E-state index is 0.214. The van der Waals surface area contributed by atoms with E-state index in [1.54, 1.807) is 6.92 Å². The van der Waals surface area contributed by atoms with Gasteiger partial charge in [0.15, 0.2) is 0 Å². The van der Waals surface area contributed by atoms with Crippen LogP contribution >= 0.6 is 0 Å². The minimum Gasteiger partial charge on any atom is -0.456 e. The smallest absolute Gasteiger partial charge is 0.333 e. The van der Waals surface area contributed by atoms with Gasteiger partial charge in [-0.3, -0.25) is 0 Å². The number of fused-ring (bicyclic) bond motifs is 1. The summed E-state index contributed by atoms with van der Waals surface area (Å²) >= 11 is 0. The molecular weight excluding hydrogens is 260 g/mol. The normalized spacial score (nSPS) is 47.0. The molecule has 2 heteroatoms. The van der Waals surface area contributed by atoms with Crippen molar-refractivity contribution in [3.63, 3.8) is 0 Å². The molecule has 0 aromatic rings. The summed E-state index contributed by atoms with van der Waals surface area (Å²) in [5.41, 5.74) is 0.990. The van der Waals surface area contributed by atoms with Crippen LogP contribution in [-0.4, -0.2) is 11.6 Å². The summed E-state index contributed by atoms with van der Waals surface area (Å²) in [5.74, 6) is 1.90. The van der Waals surface area contributed by atoms with Gasteiger partial charge in [-0.15, -0.1) is 0 Å². The second-order valence-corrected chi connectivity index (χ2v) is 8.82.